The number of phosphoric ester groups is 1. The molecule has 0 aromatic rings. The first-order valence-electron chi connectivity index (χ1n) is 19.7. The number of phosphoric acid groups is 1. The van der Waals surface area contributed by atoms with E-state index in [0.29, 0.717) is 19.3 Å². The van der Waals surface area contributed by atoms with Gasteiger partial charge in [0.05, 0.1) is 18.8 Å². The van der Waals surface area contributed by atoms with Crippen LogP contribution in [-0.4, -0.2) is 53.3 Å². The van der Waals surface area contributed by atoms with Gasteiger partial charge in [-0.25, -0.2) is 4.57 Å². The number of hydrogen-bond acceptors (Lipinski definition) is 7. The number of epoxide rings is 1. The van der Waals surface area contributed by atoms with E-state index in [0.717, 1.165) is 64.2 Å². The van der Waals surface area contributed by atoms with Crippen LogP contribution in [0.15, 0.2) is 60.8 Å². The lowest BCUT2D eigenvalue weighted by molar-refractivity contribution is -0.161. The maximum absolute atomic E-state index is 12.4. The molecule has 0 aromatic heterocycles. The zero-order valence-electron chi connectivity index (χ0n) is 31.7. The third-order valence-corrected chi connectivity index (χ3v) is 8.95. The van der Waals surface area contributed by atoms with E-state index in [-0.39, 0.29) is 31.7 Å². The predicted octanol–water partition coefficient (Wildman–Crippen LogP) is 10.7. The lowest BCUT2D eigenvalue weighted by Gasteiger charge is -2.18. The third kappa shape index (κ3) is 32.1. The molecular formula is C41H69O9P. The van der Waals surface area contributed by atoms with Gasteiger partial charge in [-0.1, -0.05) is 126 Å². The van der Waals surface area contributed by atoms with Gasteiger partial charge in [0.1, 0.15) is 6.61 Å². The number of rotatable bonds is 34. The number of allylic oxidation sites excluding steroid dienone is 9. The van der Waals surface area contributed by atoms with Crippen LogP contribution >= 0.6 is 7.82 Å². The van der Waals surface area contributed by atoms with Gasteiger partial charge < -0.3 is 24.0 Å². The summed E-state index contributed by atoms with van der Waals surface area (Å²) in [6, 6.07) is 0. The molecule has 0 bridgehead atoms. The largest absolute Gasteiger partial charge is 0.469 e. The van der Waals surface area contributed by atoms with E-state index in [4.69, 9.17) is 24.0 Å². The number of hydrogen-bond donors (Lipinski definition) is 2. The number of esters is 2. The zero-order valence-corrected chi connectivity index (χ0v) is 32.6. The topological polar surface area (TPSA) is 132 Å². The number of carbonyl (C=O) groups is 2. The quantitative estimate of drug-likeness (QED) is 0.0165. The monoisotopic (exact) mass is 736 g/mol. The summed E-state index contributed by atoms with van der Waals surface area (Å²) in [5.41, 5.74) is 0. The fourth-order valence-corrected chi connectivity index (χ4v) is 5.75. The molecule has 0 aromatic carbocycles. The van der Waals surface area contributed by atoms with Crippen molar-refractivity contribution in [2.24, 2.45) is 0 Å². The Labute approximate surface area is 309 Å². The van der Waals surface area contributed by atoms with Crippen molar-refractivity contribution in [3.63, 3.8) is 0 Å². The van der Waals surface area contributed by atoms with Gasteiger partial charge in [0.15, 0.2) is 6.10 Å². The number of carbonyl (C=O) groups excluding carboxylic acids is 2. The summed E-state index contributed by atoms with van der Waals surface area (Å²) in [5, 5.41) is 0. The van der Waals surface area contributed by atoms with Crippen molar-refractivity contribution >= 4 is 19.8 Å². The predicted molar refractivity (Wildman–Crippen MR) is 206 cm³/mol. The zero-order chi connectivity index (χ0) is 37.3. The van der Waals surface area contributed by atoms with Crippen molar-refractivity contribution in [3.8, 4) is 0 Å². The van der Waals surface area contributed by atoms with Crippen molar-refractivity contribution in [3.05, 3.63) is 60.8 Å². The van der Waals surface area contributed by atoms with E-state index >= 15 is 0 Å². The summed E-state index contributed by atoms with van der Waals surface area (Å²) in [4.78, 5) is 42.9. The van der Waals surface area contributed by atoms with Crippen LogP contribution in [0, 0.1) is 0 Å². The van der Waals surface area contributed by atoms with Crippen LogP contribution in [0.3, 0.4) is 0 Å². The standard InChI is InChI=1S/C41H69O9P/c1-3-5-7-9-11-13-15-17-18-19-21-23-25-27-29-33-40(42)47-35-37(36-48-51(44,45)46)49-41(43)34-30-32-39-38(50-39)31-28-26-24-22-20-16-14-12-10-8-6-4-2/h12-15,17-18,20,22,26,28,37-39H,3-11,16,19,21,23-25,27,29-36H2,1-2H3,(H2,44,45,46)/b14-12-,15-13-,18-17-,22-20-,28-26-/t37-,38?,39?/m1/s1. The van der Waals surface area contributed by atoms with Crippen molar-refractivity contribution in [2.45, 2.75) is 173 Å². The van der Waals surface area contributed by atoms with E-state index in [9.17, 15) is 14.2 Å². The normalized spacial score (nSPS) is 17.1. The minimum atomic E-state index is -4.78. The van der Waals surface area contributed by atoms with E-state index in [1.165, 1.54) is 44.9 Å². The Hall–Kier alpha value is -2.29. The molecule has 2 N–H and O–H groups in total. The second-order valence-corrected chi connectivity index (χ2v) is 14.6. The molecule has 1 saturated heterocycles. The van der Waals surface area contributed by atoms with E-state index in [1.54, 1.807) is 0 Å². The second kappa shape index (κ2) is 32.4. The maximum Gasteiger partial charge on any atom is 0.469 e. The van der Waals surface area contributed by atoms with Gasteiger partial charge in [0, 0.05) is 12.8 Å². The van der Waals surface area contributed by atoms with Crippen LogP contribution in [0.5, 0.6) is 0 Å². The summed E-state index contributed by atoms with van der Waals surface area (Å²) in [6.07, 6.45) is 42.4. The van der Waals surface area contributed by atoms with Crippen LogP contribution < -0.4 is 0 Å². The molecule has 2 unspecified atom stereocenters. The molecule has 1 aliphatic rings. The minimum Gasteiger partial charge on any atom is -0.462 e. The number of ether oxygens (including phenoxy) is 3. The molecular weight excluding hydrogens is 667 g/mol. The van der Waals surface area contributed by atoms with Crippen LogP contribution in [0.2, 0.25) is 0 Å². The molecule has 51 heavy (non-hydrogen) atoms. The molecule has 0 aliphatic carbocycles. The SMILES string of the molecule is CCCCC/C=C\C/C=C\C/C=C\CC1OC1CCCC(=O)O[C@H](COC(=O)CCCCCCC/C=C\C=C/CCCCCC)COP(=O)(O)O. The molecule has 1 heterocycles. The Morgan fingerprint density at radius 1 is 0.647 bits per heavy atom. The van der Waals surface area contributed by atoms with Gasteiger partial charge in [-0.15, -0.1) is 0 Å². The molecule has 9 nitrogen and oxygen atoms in total. The first-order valence-corrected chi connectivity index (χ1v) is 21.3. The van der Waals surface area contributed by atoms with Crippen LogP contribution in [0.1, 0.15) is 155 Å². The Morgan fingerprint density at radius 2 is 1.20 bits per heavy atom. The van der Waals surface area contributed by atoms with Gasteiger partial charge in [-0.2, -0.15) is 0 Å². The lowest BCUT2D eigenvalue weighted by Crippen LogP contribution is -2.29. The van der Waals surface area contributed by atoms with Gasteiger partial charge in [0.25, 0.3) is 0 Å². The fraction of sp³-hybridized carbons (Fsp3) is 0.707. The van der Waals surface area contributed by atoms with Crippen LogP contribution in [0.25, 0.3) is 0 Å². The number of unbranched alkanes of at least 4 members (excludes halogenated alkanes) is 12. The summed E-state index contributed by atoms with van der Waals surface area (Å²) < 4.78 is 32.1. The third-order valence-electron chi connectivity index (χ3n) is 8.46. The molecule has 0 radical (unpaired) electrons. The fourth-order valence-electron chi connectivity index (χ4n) is 5.39. The molecule has 3 atom stereocenters. The highest BCUT2D eigenvalue weighted by molar-refractivity contribution is 7.46. The Bertz CT molecular complexity index is 1080. The molecule has 1 aliphatic heterocycles. The van der Waals surface area contributed by atoms with Crippen molar-refractivity contribution < 1.29 is 42.7 Å². The average molecular weight is 737 g/mol. The Balaban J connectivity index is 2.17. The highest BCUT2D eigenvalue weighted by Gasteiger charge is 2.36. The van der Waals surface area contributed by atoms with E-state index in [2.05, 4.69) is 79.1 Å². The van der Waals surface area contributed by atoms with Crippen LogP contribution in [-0.2, 0) is 32.9 Å². The first-order chi connectivity index (χ1) is 24.7. The summed E-state index contributed by atoms with van der Waals surface area (Å²) in [7, 11) is -4.78. The molecule has 0 saturated carbocycles. The van der Waals surface area contributed by atoms with Gasteiger partial charge in [0.2, 0.25) is 0 Å². The summed E-state index contributed by atoms with van der Waals surface area (Å²) in [6.45, 7) is 3.54. The van der Waals surface area contributed by atoms with Crippen molar-refractivity contribution in [1.82, 2.24) is 0 Å². The molecule has 1 fully saturated rings. The second-order valence-electron chi connectivity index (χ2n) is 13.3. The minimum absolute atomic E-state index is 0.111. The molecule has 0 amide bonds. The van der Waals surface area contributed by atoms with Gasteiger partial charge >= 0.3 is 19.8 Å². The Morgan fingerprint density at radius 3 is 1.88 bits per heavy atom. The van der Waals surface area contributed by atoms with E-state index in [1.807, 2.05) is 0 Å². The van der Waals surface area contributed by atoms with Crippen molar-refractivity contribution in [2.75, 3.05) is 13.2 Å². The average Bonchev–Trinajstić information content (AvgIpc) is 3.85. The molecule has 0 spiro atoms. The summed E-state index contributed by atoms with van der Waals surface area (Å²) >= 11 is 0. The van der Waals surface area contributed by atoms with Crippen LogP contribution in [0.4, 0.5) is 0 Å². The highest BCUT2D eigenvalue weighted by atomic mass is 31.2. The van der Waals surface area contributed by atoms with Gasteiger partial charge in [-0.3, -0.25) is 14.1 Å². The van der Waals surface area contributed by atoms with Gasteiger partial charge in [-0.05, 0) is 77.0 Å². The van der Waals surface area contributed by atoms with Crippen molar-refractivity contribution in [1.29, 1.82) is 0 Å². The van der Waals surface area contributed by atoms with E-state index < -0.39 is 32.5 Å². The first kappa shape index (κ1) is 46.7. The highest BCUT2D eigenvalue weighted by Crippen LogP contribution is 2.36. The Kier molecular flexibility index (Phi) is 29.7. The lowest BCUT2D eigenvalue weighted by atomic mass is 10.1. The smallest absolute Gasteiger partial charge is 0.462 e. The molecule has 1 rings (SSSR count). The molecule has 292 valence electrons. The summed E-state index contributed by atoms with van der Waals surface area (Å²) in [5.74, 6) is -0.984. The molecule has 10 heteroatoms. The maximum atomic E-state index is 12.4.